The number of rotatable bonds is 10. The minimum atomic E-state index is -0.779. The summed E-state index contributed by atoms with van der Waals surface area (Å²) in [5.41, 5.74) is 3.63. The van der Waals surface area contributed by atoms with Crippen molar-refractivity contribution in [3.8, 4) is 28.4 Å². The Labute approximate surface area is 260 Å². The molecule has 0 bridgehead atoms. The minimum absolute atomic E-state index is 0.0615. The molecule has 6 rings (SSSR count). The Kier molecular flexibility index (Phi) is 8.81. The zero-order chi connectivity index (χ0) is 31.2. The molecule has 3 aromatic carbocycles. The summed E-state index contributed by atoms with van der Waals surface area (Å²) in [5.74, 6) is 1.03. The highest BCUT2D eigenvalue weighted by molar-refractivity contribution is 5.79. The van der Waals surface area contributed by atoms with Gasteiger partial charge in [-0.3, -0.25) is 4.79 Å². The van der Waals surface area contributed by atoms with Crippen molar-refractivity contribution in [2.45, 2.75) is 19.6 Å². The van der Waals surface area contributed by atoms with Crippen LogP contribution in [0.15, 0.2) is 91.1 Å². The Hall–Kier alpha value is -5.13. The number of H-pyrrole nitrogens is 1. The van der Waals surface area contributed by atoms with Crippen molar-refractivity contribution in [3.63, 3.8) is 0 Å². The molecule has 5 aromatic rings. The molecule has 0 saturated carbocycles. The van der Waals surface area contributed by atoms with E-state index in [1.54, 1.807) is 31.5 Å². The van der Waals surface area contributed by atoms with Gasteiger partial charge >= 0.3 is 0 Å². The summed E-state index contributed by atoms with van der Waals surface area (Å²) >= 11 is 0. The fraction of sp³-hybridized carbons (Fsp3) is 0.235. The van der Waals surface area contributed by atoms with Crippen LogP contribution in [0.3, 0.4) is 0 Å². The van der Waals surface area contributed by atoms with E-state index in [9.17, 15) is 9.18 Å². The predicted octanol–water partition coefficient (Wildman–Crippen LogP) is 5.84. The molecular formula is C34H33FN6O4. The average molecular weight is 609 g/mol. The Morgan fingerprint density at radius 1 is 1.00 bits per heavy atom. The predicted molar refractivity (Wildman–Crippen MR) is 167 cm³/mol. The number of hydrogen-bond acceptors (Lipinski definition) is 8. The summed E-state index contributed by atoms with van der Waals surface area (Å²) in [6, 6.07) is 24.9. The molecule has 1 aliphatic heterocycles. The first-order chi connectivity index (χ1) is 21.9. The van der Waals surface area contributed by atoms with Gasteiger partial charge in [0.15, 0.2) is 5.82 Å². The number of halogens is 1. The van der Waals surface area contributed by atoms with Crippen LogP contribution in [0.2, 0.25) is 0 Å². The topological polar surface area (TPSA) is 123 Å². The second-order valence-electron chi connectivity index (χ2n) is 11.1. The number of para-hydroxylation sites is 2. The number of aromatic nitrogens is 4. The van der Waals surface area contributed by atoms with E-state index in [1.807, 2.05) is 61.5 Å². The van der Waals surface area contributed by atoms with E-state index in [4.69, 9.17) is 24.2 Å². The smallest absolute Gasteiger partial charge is 0.227 e. The van der Waals surface area contributed by atoms with E-state index in [0.717, 1.165) is 5.56 Å². The van der Waals surface area contributed by atoms with Crippen molar-refractivity contribution >= 4 is 17.5 Å². The van der Waals surface area contributed by atoms with Gasteiger partial charge in [-0.1, -0.05) is 49.4 Å². The second-order valence-corrected chi connectivity index (χ2v) is 11.1. The zero-order valence-electron chi connectivity index (χ0n) is 24.9. The van der Waals surface area contributed by atoms with Gasteiger partial charge in [-0.05, 0) is 48.0 Å². The number of carbonyl (C=O) groups is 1. The van der Waals surface area contributed by atoms with Crippen LogP contribution in [0.4, 0.5) is 16.0 Å². The summed E-state index contributed by atoms with van der Waals surface area (Å²) < 4.78 is 31.5. The highest BCUT2D eigenvalue weighted by Crippen LogP contribution is 2.36. The lowest BCUT2D eigenvalue weighted by Gasteiger charge is -2.36. The standard InChI is InChI=1S/C34H33FN6O4/c1-34(19-37-28(42)18-22-8-4-3-5-9-22)20-44-32(45-21-34)31-40-29(23-12-14-24(35)15-13-23)30(41-31)26-16-17-36-33(39-26)38-25-10-6-7-11-27(25)43-2/h3-17,32H,18-21H2,1-2H3,(H,37,42)(H,40,41)(H,36,38,39). The number of nitrogens with zero attached hydrogens (tertiary/aromatic N) is 3. The lowest BCUT2D eigenvalue weighted by molar-refractivity contribution is -0.232. The molecule has 1 saturated heterocycles. The fourth-order valence-electron chi connectivity index (χ4n) is 4.99. The van der Waals surface area contributed by atoms with Crippen LogP contribution in [0.25, 0.3) is 22.6 Å². The number of benzene rings is 3. The average Bonchev–Trinajstić information content (AvgIpc) is 3.51. The molecule has 1 fully saturated rings. The van der Waals surface area contributed by atoms with Crippen molar-refractivity contribution in [2.24, 2.45) is 5.41 Å². The largest absolute Gasteiger partial charge is 0.495 e. The van der Waals surface area contributed by atoms with Gasteiger partial charge in [0, 0.05) is 23.7 Å². The molecule has 0 unspecified atom stereocenters. The third-order valence-electron chi connectivity index (χ3n) is 7.41. The van der Waals surface area contributed by atoms with E-state index in [1.165, 1.54) is 12.1 Å². The number of anilines is 2. The molecule has 11 heteroatoms. The van der Waals surface area contributed by atoms with Crippen LogP contribution in [0.1, 0.15) is 24.6 Å². The number of methoxy groups -OCH3 is 1. The van der Waals surface area contributed by atoms with E-state index in [-0.39, 0.29) is 11.7 Å². The van der Waals surface area contributed by atoms with Crippen LogP contribution in [-0.4, -0.2) is 52.7 Å². The van der Waals surface area contributed by atoms with Gasteiger partial charge in [-0.25, -0.2) is 19.3 Å². The van der Waals surface area contributed by atoms with E-state index < -0.39 is 11.7 Å². The van der Waals surface area contributed by atoms with Crippen molar-refractivity contribution < 1.29 is 23.4 Å². The quantitative estimate of drug-likeness (QED) is 0.181. The number of hydrogen-bond donors (Lipinski definition) is 3. The molecule has 45 heavy (non-hydrogen) atoms. The van der Waals surface area contributed by atoms with Crippen LogP contribution in [0, 0.1) is 11.2 Å². The molecule has 230 valence electrons. The lowest BCUT2D eigenvalue weighted by Crippen LogP contribution is -2.45. The van der Waals surface area contributed by atoms with Crippen molar-refractivity contribution in [3.05, 3.63) is 108 Å². The molecule has 0 spiro atoms. The van der Waals surface area contributed by atoms with Gasteiger partial charge in [-0.2, -0.15) is 0 Å². The summed E-state index contributed by atoms with van der Waals surface area (Å²) in [6.07, 6.45) is 1.17. The van der Waals surface area contributed by atoms with E-state index in [0.29, 0.717) is 72.0 Å². The third kappa shape index (κ3) is 7.17. The molecule has 3 heterocycles. The SMILES string of the molecule is COc1ccccc1Nc1nccc(-c2[nH]c(C3OCC(C)(CNC(=O)Cc4ccccc4)CO3)nc2-c2ccc(F)cc2)n1. The van der Waals surface area contributed by atoms with E-state index >= 15 is 0 Å². The van der Waals surface area contributed by atoms with Crippen LogP contribution in [-0.2, 0) is 20.7 Å². The number of ether oxygens (including phenoxy) is 3. The van der Waals surface area contributed by atoms with E-state index in [2.05, 4.69) is 20.6 Å². The van der Waals surface area contributed by atoms with Crippen LogP contribution in [0.5, 0.6) is 5.75 Å². The number of amides is 1. The van der Waals surface area contributed by atoms with Crippen LogP contribution >= 0.6 is 0 Å². The molecule has 0 radical (unpaired) electrons. The Morgan fingerprint density at radius 2 is 1.73 bits per heavy atom. The molecule has 2 aromatic heterocycles. The second kappa shape index (κ2) is 13.2. The molecule has 1 amide bonds. The van der Waals surface area contributed by atoms with Gasteiger partial charge in [0.2, 0.25) is 18.1 Å². The van der Waals surface area contributed by atoms with Crippen LogP contribution < -0.4 is 15.4 Å². The Morgan fingerprint density at radius 3 is 2.49 bits per heavy atom. The molecule has 10 nitrogen and oxygen atoms in total. The molecule has 1 aliphatic rings. The fourth-order valence-corrected chi connectivity index (χ4v) is 4.99. The summed E-state index contributed by atoms with van der Waals surface area (Å²) in [6.45, 7) is 3.08. The summed E-state index contributed by atoms with van der Waals surface area (Å²) in [5, 5.41) is 6.21. The first-order valence-corrected chi connectivity index (χ1v) is 14.5. The van der Waals surface area contributed by atoms with Gasteiger partial charge < -0.3 is 29.8 Å². The van der Waals surface area contributed by atoms with Gasteiger partial charge in [0.05, 0.1) is 49.5 Å². The molecule has 3 N–H and O–H groups in total. The van der Waals surface area contributed by atoms with Gasteiger partial charge in [0.1, 0.15) is 11.6 Å². The maximum absolute atomic E-state index is 13.8. The number of imidazole rings is 1. The molecular weight excluding hydrogens is 575 g/mol. The number of aromatic amines is 1. The van der Waals surface area contributed by atoms with Gasteiger partial charge in [-0.15, -0.1) is 0 Å². The van der Waals surface area contributed by atoms with Crippen molar-refractivity contribution in [1.82, 2.24) is 25.3 Å². The first-order valence-electron chi connectivity index (χ1n) is 14.5. The zero-order valence-corrected chi connectivity index (χ0v) is 24.9. The number of carbonyl (C=O) groups excluding carboxylic acids is 1. The maximum Gasteiger partial charge on any atom is 0.227 e. The maximum atomic E-state index is 13.8. The first kappa shape index (κ1) is 29.9. The molecule has 0 atom stereocenters. The van der Waals surface area contributed by atoms with Gasteiger partial charge in [0.25, 0.3) is 0 Å². The highest BCUT2D eigenvalue weighted by Gasteiger charge is 2.35. The highest BCUT2D eigenvalue weighted by atomic mass is 19.1. The number of nitrogens with one attached hydrogen (secondary N) is 3. The Bertz CT molecular complexity index is 1750. The van der Waals surface area contributed by atoms with Crippen molar-refractivity contribution in [1.29, 1.82) is 0 Å². The van der Waals surface area contributed by atoms with Crippen molar-refractivity contribution in [2.75, 3.05) is 32.2 Å². The monoisotopic (exact) mass is 608 g/mol. The molecule has 0 aliphatic carbocycles. The normalized spacial score (nSPS) is 17.9. The summed E-state index contributed by atoms with van der Waals surface area (Å²) in [7, 11) is 1.60. The lowest BCUT2D eigenvalue weighted by atomic mass is 9.92. The third-order valence-corrected chi connectivity index (χ3v) is 7.41. The minimum Gasteiger partial charge on any atom is -0.495 e. The summed E-state index contributed by atoms with van der Waals surface area (Å²) in [4.78, 5) is 29.8. The Balaban J connectivity index is 1.20.